The first-order valence-corrected chi connectivity index (χ1v) is 9.66. The first-order valence-electron chi connectivity index (χ1n) is 9.66. The monoisotopic (exact) mass is 386 g/mol. The summed E-state index contributed by atoms with van der Waals surface area (Å²) in [5, 5.41) is 2.76. The van der Waals surface area contributed by atoms with Crippen molar-refractivity contribution in [1.82, 2.24) is 19.7 Å². The van der Waals surface area contributed by atoms with Gasteiger partial charge < -0.3 is 19.7 Å². The van der Waals surface area contributed by atoms with Crippen LogP contribution in [0.3, 0.4) is 0 Å². The minimum absolute atomic E-state index is 0.0178. The molecule has 1 aromatic heterocycles. The van der Waals surface area contributed by atoms with Gasteiger partial charge in [-0.3, -0.25) is 4.79 Å². The topological polar surface area (TPSA) is 57.6 Å². The Morgan fingerprint density at radius 2 is 2.04 bits per heavy atom. The maximum atomic E-state index is 13.9. The molecule has 0 bridgehead atoms. The minimum Gasteiger partial charge on any atom is -0.348 e. The van der Waals surface area contributed by atoms with E-state index in [0.29, 0.717) is 19.6 Å². The van der Waals surface area contributed by atoms with Crippen molar-refractivity contribution >= 4 is 11.9 Å². The zero-order valence-electron chi connectivity index (χ0n) is 16.6. The lowest BCUT2D eigenvalue weighted by molar-refractivity contribution is -0.134. The molecule has 0 fully saturated rings. The second kappa shape index (κ2) is 8.46. The molecule has 1 N–H and O–H groups in total. The Labute approximate surface area is 164 Å². The van der Waals surface area contributed by atoms with Crippen molar-refractivity contribution in [3.8, 4) is 0 Å². The van der Waals surface area contributed by atoms with Crippen LogP contribution in [0.25, 0.3) is 0 Å². The molecular weight excluding hydrogens is 359 g/mol. The summed E-state index contributed by atoms with van der Waals surface area (Å²) in [6, 6.07) is 9.50. The van der Waals surface area contributed by atoms with Crippen LogP contribution < -0.4 is 5.32 Å². The average Bonchev–Trinajstić information content (AvgIpc) is 3.13. The summed E-state index contributed by atoms with van der Waals surface area (Å²) >= 11 is 0. The maximum Gasteiger partial charge on any atom is 0.318 e. The van der Waals surface area contributed by atoms with E-state index in [1.165, 1.54) is 17.0 Å². The largest absolute Gasteiger partial charge is 0.348 e. The Morgan fingerprint density at radius 1 is 1.25 bits per heavy atom. The molecule has 1 unspecified atom stereocenters. The number of carbonyl (C=O) groups is 2. The highest BCUT2D eigenvalue weighted by Crippen LogP contribution is 2.32. The van der Waals surface area contributed by atoms with Crippen LogP contribution in [0.1, 0.15) is 38.1 Å². The summed E-state index contributed by atoms with van der Waals surface area (Å²) in [6.07, 6.45) is 1.97. The van der Waals surface area contributed by atoms with E-state index in [2.05, 4.69) is 9.88 Å². The molecule has 2 heterocycles. The third kappa shape index (κ3) is 4.03. The zero-order valence-corrected chi connectivity index (χ0v) is 16.6. The Kier molecular flexibility index (Phi) is 6.02. The quantitative estimate of drug-likeness (QED) is 0.859. The molecule has 28 heavy (non-hydrogen) atoms. The molecule has 0 spiro atoms. The summed E-state index contributed by atoms with van der Waals surface area (Å²) in [7, 11) is 0. The number of halogens is 1. The number of nitrogens with zero attached hydrogens (tertiary/aromatic N) is 3. The molecule has 1 aliphatic heterocycles. The number of aromatic nitrogens is 1. The van der Waals surface area contributed by atoms with Gasteiger partial charge in [-0.15, -0.1) is 0 Å². The SMILES string of the molecule is CCNC(=O)N(CC(=O)N1CCn2cccc2C1c1cccc(F)c1)C(C)C. The van der Waals surface area contributed by atoms with Gasteiger partial charge >= 0.3 is 6.03 Å². The lowest BCUT2D eigenvalue weighted by Crippen LogP contribution is -2.51. The number of rotatable bonds is 5. The van der Waals surface area contributed by atoms with E-state index in [1.54, 1.807) is 11.0 Å². The molecule has 0 aliphatic carbocycles. The molecule has 1 atom stereocenters. The lowest BCUT2D eigenvalue weighted by Gasteiger charge is -2.39. The molecule has 0 radical (unpaired) electrons. The first-order chi connectivity index (χ1) is 13.4. The number of hydrogen-bond donors (Lipinski definition) is 1. The van der Waals surface area contributed by atoms with Crippen molar-refractivity contribution in [2.24, 2.45) is 0 Å². The third-order valence-corrected chi connectivity index (χ3v) is 5.04. The second-order valence-corrected chi connectivity index (χ2v) is 7.23. The van der Waals surface area contributed by atoms with E-state index >= 15 is 0 Å². The van der Waals surface area contributed by atoms with Crippen molar-refractivity contribution in [3.63, 3.8) is 0 Å². The predicted molar refractivity (Wildman–Crippen MR) is 105 cm³/mol. The predicted octanol–water partition coefficient (Wildman–Crippen LogP) is 3.00. The Morgan fingerprint density at radius 3 is 2.71 bits per heavy atom. The van der Waals surface area contributed by atoms with Gasteiger partial charge in [0.15, 0.2) is 0 Å². The summed E-state index contributed by atoms with van der Waals surface area (Å²) in [6.45, 7) is 7.26. The average molecular weight is 386 g/mol. The van der Waals surface area contributed by atoms with Gasteiger partial charge in [0.05, 0.1) is 6.04 Å². The van der Waals surface area contributed by atoms with Crippen molar-refractivity contribution in [2.75, 3.05) is 19.6 Å². The zero-order chi connectivity index (χ0) is 20.3. The molecule has 3 rings (SSSR count). The van der Waals surface area contributed by atoms with E-state index in [1.807, 2.05) is 45.2 Å². The van der Waals surface area contributed by atoms with E-state index in [-0.39, 0.29) is 36.4 Å². The molecule has 1 aromatic carbocycles. The van der Waals surface area contributed by atoms with Gasteiger partial charge in [0.25, 0.3) is 0 Å². The van der Waals surface area contributed by atoms with Gasteiger partial charge in [-0.25, -0.2) is 9.18 Å². The normalized spacial score (nSPS) is 16.0. The van der Waals surface area contributed by atoms with E-state index < -0.39 is 0 Å². The highest BCUT2D eigenvalue weighted by atomic mass is 19.1. The first kappa shape index (κ1) is 19.9. The standard InChI is InChI=1S/C21H27FN4O2/c1-4-23-21(28)26(15(2)3)14-19(27)25-12-11-24-10-6-9-18(24)20(25)16-7-5-8-17(22)13-16/h5-10,13,15,20H,4,11-12,14H2,1-3H3,(H,23,28). The molecule has 150 valence electrons. The van der Waals surface area contributed by atoms with Crippen molar-refractivity contribution in [2.45, 2.75) is 39.4 Å². The van der Waals surface area contributed by atoms with E-state index in [9.17, 15) is 14.0 Å². The van der Waals surface area contributed by atoms with Crippen LogP contribution in [0, 0.1) is 5.82 Å². The maximum absolute atomic E-state index is 13.9. The number of fused-ring (bicyclic) bond motifs is 1. The molecule has 0 saturated carbocycles. The van der Waals surface area contributed by atoms with Gasteiger partial charge in [-0.05, 0) is 50.6 Å². The van der Waals surface area contributed by atoms with Crippen LogP contribution in [-0.2, 0) is 11.3 Å². The van der Waals surface area contributed by atoms with Crippen LogP contribution in [0.15, 0.2) is 42.6 Å². The van der Waals surface area contributed by atoms with E-state index in [4.69, 9.17) is 0 Å². The Bertz CT molecular complexity index is 848. The number of hydrogen-bond acceptors (Lipinski definition) is 2. The van der Waals surface area contributed by atoms with Gasteiger partial charge in [-0.2, -0.15) is 0 Å². The van der Waals surface area contributed by atoms with Crippen LogP contribution in [-0.4, -0.2) is 52.0 Å². The number of nitrogens with one attached hydrogen (secondary N) is 1. The lowest BCUT2D eigenvalue weighted by atomic mass is 9.99. The molecule has 6 nitrogen and oxygen atoms in total. The fraction of sp³-hybridized carbons (Fsp3) is 0.429. The van der Waals surface area contributed by atoms with E-state index in [0.717, 1.165) is 11.3 Å². The fourth-order valence-corrected chi connectivity index (χ4v) is 3.66. The third-order valence-electron chi connectivity index (χ3n) is 5.04. The smallest absolute Gasteiger partial charge is 0.318 e. The van der Waals surface area contributed by atoms with Crippen LogP contribution in [0.4, 0.5) is 9.18 Å². The van der Waals surface area contributed by atoms with Gasteiger partial charge in [0.1, 0.15) is 12.4 Å². The van der Waals surface area contributed by atoms with Gasteiger partial charge in [0, 0.05) is 37.6 Å². The van der Waals surface area contributed by atoms with Crippen molar-refractivity contribution < 1.29 is 14.0 Å². The number of urea groups is 1. The highest BCUT2D eigenvalue weighted by Gasteiger charge is 2.34. The van der Waals surface area contributed by atoms with Gasteiger partial charge in [-0.1, -0.05) is 12.1 Å². The summed E-state index contributed by atoms with van der Waals surface area (Å²) < 4.78 is 16.0. The molecule has 3 amide bonds. The van der Waals surface area contributed by atoms with Crippen LogP contribution >= 0.6 is 0 Å². The molecule has 7 heteroatoms. The van der Waals surface area contributed by atoms with Crippen molar-refractivity contribution in [3.05, 3.63) is 59.7 Å². The van der Waals surface area contributed by atoms with Gasteiger partial charge in [0.2, 0.25) is 5.91 Å². The summed E-state index contributed by atoms with van der Waals surface area (Å²) in [5.74, 6) is -0.485. The van der Waals surface area contributed by atoms with Crippen LogP contribution in [0.5, 0.6) is 0 Å². The highest BCUT2D eigenvalue weighted by molar-refractivity contribution is 5.85. The molecule has 0 saturated heterocycles. The molecule has 2 aromatic rings. The number of benzene rings is 1. The Hall–Kier alpha value is -2.83. The summed E-state index contributed by atoms with van der Waals surface area (Å²) in [4.78, 5) is 28.8. The second-order valence-electron chi connectivity index (χ2n) is 7.23. The molecule has 1 aliphatic rings. The van der Waals surface area contributed by atoms with Crippen LogP contribution in [0.2, 0.25) is 0 Å². The summed E-state index contributed by atoms with van der Waals surface area (Å²) in [5.41, 5.74) is 1.67. The van der Waals surface area contributed by atoms with Crippen molar-refractivity contribution in [1.29, 1.82) is 0 Å². The minimum atomic E-state index is -0.379. The number of amides is 3. The Balaban J connectivity index is 1.90. The fourth-order valence-electron chi connectivity index (χ4n) is 3.66. The molecular formula is C21H27FN4O2. The number of carbonyl (C=O) groups excluding carboxylic acids is 2.